The average Bonchev–Trinajstić information content (AvgIpc) is 2.92. The van der Waals surface area contributed by atoms with Crippen LogP contribution in [0, 0.1) is 11.8 Å². The third-order valence-electron chi connectivity index (χ3n) is 4.65. The lowest BCUT2D eigenvalue weighted by Gasteiger charge is -2.22. The molecule has 0 amide bonds. The van der Waals surface area contributed by atoms with E-state index in [1.54, 1.807) is 0 Å². The predicted molar refractivity (Wildman–Crippen MR) is 85.1 cm³/mol. The lowest BCUT2D eigenvalue weighted by molar-refractivity contribution is 0.190. The summed E-state index contributed by atoms with van der Waals surface area (Å²) >= 11 is 0. The van der Waals surface area contributed by atoms with Gasteiger partial charge in [-0.3, -0.25) is 0 Å². The molecule has 1 saturated carbocycles. The molecule has 112 valence electrons. The van der Waals surface area contributed by atoms with E-state index in [-0.39, 0.29) is 0 Å². The molecule has 2 N–H and O–H groups in total. The molecule has 2 rings (SSSR count). The molecule has 1 aromatic carbocycles. The van der Waals surface area contributed by atoms with E-state index in [2.05, 4.69) is 55.5 Å². The van der Waals surface area contributed by atoms with E-state index >= 15 is 0 Å². The van der Waals surface area contributed by atoms with E-state index in [4.69, 9.17) is 0 Å². The molecule has 0 bridgehead atoms. The summed E-state index contributed by atoms with van der Waals surface area (Å²) in [6.45, 7) is 3.58. The van der Waals surface area contributed by atoms with Crippen molar-refractivity contribution in [2.45, 2.75) is 32.2 Å². The molecule has 3 atom stereocenters. The summed E-state index contributed by atoms with van der Waals surface area (Å²) in [7, 11) is 4.12. The molecular formula is C17H28N2O. The Bertz CT molecular complexity index is 402. The van der Waals surface area contributed by atoms with Gasteiger partial charge >= 0.3 is 0 Å². The zero-order valence-corrected chi connectivity index (χ0v) is 13.0. The number of hydrogen-bond donors (Lipinski definition) is 2. The van der Waals surface area contributed by atoms with Crippen molar-refractivity contribution in [1.82, 2.24) is 5.32 Å². The molecule has 3 heteroatoms. The summed E-state index contributed by atoms with van der Waals surface area (Å²) in [5, 5.41) is 13.0. The van der Waals surface area contributed by atoms with Crippen molar-refractivity contribution < 1.29 is 5.11 Å². The number of aliphatic hydroxyl groups is 1. The quantitative estimate of drug-likeness (QED) is 0.838. The maximum atomic E-state index is 9.37. The van der Waals surface area contributed by atoms with Crippen molar-refractivity contribution in [3.63, 3.8) is 0 Å². The Hall–Kier alpha value is -1.06. The summed E-state index contributed by atoms with van der Waals surface area (Å²) in [5.74, 6) is 1.15. The molecule has 0 aromatic heterocycles. The third-order valence-corrected chi connectivity index (χ3v) is 4.65. The second kappa shape index (κ2) is 7.09. The van der Waals surface area contributed by atoms with Crippen LogP contribution in [-0.4, -0.2) is 32.4 Å². The van der Waals surface area contributed by atoms with E-state index in [0.29, 0.717) is 24.5 Å². The Morgan fingerprint density at radius 1 is 1.20 bits per heavy atom. The number of hydrogen-bond acceptors (Lipinski definition) is 3. The van der Waals surface area contributed by atoms with Crippen LogP contribution in [0.15, 0.2) is 24.3 Å². The first-order valence-corrected chi connectivity index (χ1v) is 7.73. The van der Waals surface area contributed by atoms with Crippen LogP contribution in [0.5, 0.6) is 0 Å². The first-order valence-electron chi connectivity index (χ1n) is 7.73. The molecule has 3 unspecified atom stereocenters. The van der Waals surface area contributed by atoms with Crippen molar-refractivity contribution in [2.24, 2.45) is 11.8 Å². The Kier molecular flexibility index (Phi) is 5.44. The van der Waals surface area contributed by atoms with Gasteiger partial charge in [-0.05, 0) is 55.8 Å². The highest BCUT2D eigenvalue weighted by atomic mass is 16.3. The Morgan fingerprint density at radius 2 is 1.85 bits per heavy atom. The lowest BCUT2D eigenvalue weighted by Crippen LogP contribution is -2.28. The first-order chi connectivity index (χ1) is 9.61. The summed E-state index contributed by atoms with van der Waals surface area (Å²) in [5.41, 5.74) is 2.56. The number of anilines is 1. The second-order valence-electron chi connectivity index (χ2n) is 6.25. The van der Waals surface area contributed by atoms with Crippen molar-refractivity contribution in [3.05, 3.63) is 29.8 Å². The average molecular weight is 276 g/mol. The number of benzene rings is 1. The topological polar surface area (TPSA) is 35.5 Å². The van der Waals surface area contributed by atoms with E-state index in [1.807, 2.05) is 0 Å². The largest absolute Gasteiger partial charge is 0.396 e. The highest BCUT2D eigenvalue weighted by molar-refractivity contribution is 5.46. The highest BCUT2D eigenvalue weighted by Gasteiger charge is 2.26. The molecular weight excluding hydrogens is 248 g/mol. The van der Waals surface area contributed by atoms with Crippen LogP contribution in [0.25, 0.3) is 0 Å². The molecule has 0 heterocycles. The Morgan fingerprint density at radius 3 is 2.45 bits per heavy atom. The van der Waals surface area contributed by atoms with Gasteiger partial charge in [0.2, 0.25) is 0 Å². The van der Waals surface area contributed by atoms with E-state index in [1.165, 1.54) is 30.5 Å². The monoisotopic (exact) mass is 276 g/mol. The minimum atomic E-state index is 0.345. The van der Waals surface area contributed by atoms with Gasteiger partial charge in [-0.15, -0.1) is 0 Å². The SMILES string of the molecule is CC(NCC1CCCC1CO)c1ccc(N(C)C)cc1. The smallest absolute Gasteiger partial charge is 0.0462 e. The molecule has 20 heavy (non-hydrogen) atoms. The number of nitrogens with one attached hydrogen (secondary N) is 1. The van der Waals surface area contributed by atoms with Gasteiger partial charge < -0.3 is 15.3 Å². The summed E-state index contributed by atoms with van der Waals surface area (Å²) in [6, 6.07) is 9.10. The number of rotatable bonds is 6. The lowest BCUT2D eigenvalue weighted by atomic mass is 9.96. The van der Waals surface area contributed by atoms with Gasteiger partial charge in [0.25, 0.3) is 0 Å². The minimum absolute atomic E-state index is 0.345. The maximum Gasteiger partial charge on any atom is 0.0462 e. The highest BCUT2D eigenvalue weighted by Crippen LogP contribution is 2.31. The zero-order valence-electron chi connectivity index (χ0n) is 13.0. The number of aliphatic hydroxyl groups excluding tert-OH is 1. The Labute approximate surface area is 123 Å². The fourth-order valence-electron chi connectivity index (χ4n) is 3.13. The molecule has 1 aliphatic rings. The van der Waals surface area contributed by atoms with Gasteiger partial charge in [0.1, 0.15) is 0 Å². The van der Waals surface area contributed by atoms with Crippen LogP contribution in [-0.2, 0) is 0 Å². The fourth-order valence-corrected chi connectivity index (χ4v) is 3.13. The van der Waals surface area contributed by atoms with Crippen LogP contribution in [0.3, 0.4) is 0 Å². The standard InChI is InChI=1S/C17H28N2O/c1-13(14-7-9-17(10-8-14)19(2)3)18-11-15-5-4-6-16(15)12-20/h7-10,13,15-16,18,20H,4-6,11-12H2,1-3H3. The summed E-state index contributed by atoms with van der Waals surface area (Å²) < 4.78 is 0. The normalized spacial score (nSPS) is 23.8. The molecule has 1 aliphatic carbocycles. The molecule has 0 spiro atoms. The fraction of sp³-hybridized carbons (Fsp3) is 0.647. The van der Waals surface area contributed by atoms with Crippen LogP contribution in [0.4, 0.5) is 5.69 Å². The summed E-state index contributed by atoms with van der Waals surface area (Å²) in [4.78, 5) is 2.12. The molecule has 0 saturated heterocycles. The third kappa shape index (κ3) is 3.74. The van der Waals surface area contributed by atoms with Crippen molar-refractivity contribution in [1.29, 1.82) is 0 Å². The second-order valence-corrected chi connectivity index (χ2v) is 6.25. The molecule has 3 nitrogen and oxygen atoms in total. The van der Waals surface area contributed by atoms with Crippen molar-refractivity contribution in [3.8, 4) is 0 Å². The predicted octanol–water partition coefficient (Wildman–Crippen LogP) is 2.81. The van der Waals surface area contributed by atoms with E-state index < -0.39 is 0 Å². The summed E-state index contributed by atoms with van der Waals surface area (Å²) in [6.07, 6.45) is 3.71. The number of nitrogens with zero attached hydrogens (tertiary/aromatic N) is 1. The Balaban J connectivity index is 1.86. The van der Waals surface area contributed by atoms with Crippen LogP contribution in [0.1, 0.15) is 37.8 Å². The van der Waals surface area contributed by atoms with Gasteiger partial charge in [0.15, 0.2) is 0 Å². The van der Waals surface area contributed by atoms with Gasteiger partial charge in [-0.1, -0.05) is 18.6 Å². The van der Waals surface area contributed by atoms with Gasteiger partial charge in [-0.2, -0.15) is 0 Å². The van der Waals surface area contributed by atoms with Crippen molar-refractivity contribution in [2.75, 3.05) is 32.1 Å². The van der Waals surface area contributed by atoms with E-state index in [9.17, 15) is 5.11 Å². The molecule has 1 fully saturated rings. The van der Waals surface area contributed by atoms with Gasteiger partial charge in [0.05, 0.1) is 0 Å². The van der Waals surface area contributed by atoms with Crippen LogP contribution >= 0.6 is 0 Å². The minimum Gasteiger partial charge on any atom is -0.396 e. The molecule has 1 aromatic rings. The van der Waals surface area contributed by atoms with Gasteiger partial charge in [0, 0.05) is 32.4 Å². The molecule has 0 radical (unpaired) electrons. The molecule has 0 aliphatic heterocycles. The van der Waals surface area contributed by atoms with Crippen LogP contribution < -0.4 is 10.2 Å². The maximum absolute atomic E-state index is 9.37. The van der Waals surface area contributed by atoms with Gasteiger partial charge in [-0.25, -0.2) is 0 Å². The van der Waals surface area contributed by atoms with E-state index in [0.717, 1.165) is 6.54 Å². The van der Waals surface area contributed by atoms with Crippen molar-refractivity contribution >= 4 is 5.69 Å². The van der Waals surface area contributed by atoms with Crippen LogP contribution in [0.2, 0.25) is 0 Å². The zero-order chi connectivity index (χ0) is 14.5. The first kappa shape index (κ1) is 15.3.